The predicted octanol–water partition coefficient (Wildman–Crippen LogP) is 3.52. The first-order chi connectivity index (χ1) is 13.6. The van der Waals surface area contributed by atoms with E-state index < -0.39 is 5.97 Å². The Bertz CT molecular complexity index is 786. The van der Waals surface area contributed by atoms with Crippen LogP contribution in [0.25, 0.3) is 0 Å². The van der Waals surface area contributed by atoms with Crippen LogP contribution in [0.2, 0.25) is 0 Å². The highest BCUT2D eigenvalue weighted by Crippen LogP contribution is 2.28. The van der Waals surface area contributed by atoms with Crippen LogP contribution < -0.4 is 14.8 Å². The molecule has 0 saturated carbocycles. The Labute approximate surface area is 165 Å². The maximum atomic E-state index is 12.2. The Balaban J connectivity index is 1.86. The Morgan fingerprint density at radius 2 is 1.50 bits per heavy atom. The van der Waals surface area contributed by atoms with Crippen molar-refractivity contribution in [1.29, 1.82) is 0 Å². The fourth-order valence-electron chi connectivity index (χ4n) is 2.54. The third-order valence-electron chi connectivity index (χ3n) is 4.03. The second kappa shape index (κ2) is 11.0. The largest absolute Gasteiger partial charge is 0.490 e. The first-order valence-electron chi connectivity index (χ1n) is 9.48. The Kier molecular flexibility index (Phi) is 8.34. The van der Waals surface area contributed by atoms with Crippen molar-refractivity contribution >= 4 is 11.9 Å². The molecule has 1 N–H and O–H groups in total. The second-order valence-corrected chi connectivity index (χ2v) is 6.05. The lowest BCUT2D eigenvalue weighted by atomic mass is 10.1. The average Bonchev–Trinajstić information content (AvgIpc) is 2.72. The first kappa shape index (κ1) is 21.3. The van der Waals surface area contributed by atoms with Crippen LogP contribution in [0, 0.1) is 0 Å². The normalized spacial score (nSPS) is 10.2. The van der Waals surface area contributed by atoms with E-state index in [1.165, 1.54) is 5.56 Å². The molecule has 2 aromatic carbocycles. The van der Waals surface area contributed by atoms with Crippen molar-refractivity contribution in [1.82, 2.24) is 5.32 Å². The molecule has 0 aliphatic heterocycles. The molecule has 0 atom stereocenters. The van der Waals surface area contributed by atoms with E-state index in [1.807, 2.05) is 38.1 Å². The summed E-state index contributed by atoms with van der Waals surface area (Å²) in [5.41, 5.74) is 2.53. The molecule has 6 nitrogen and oxygen atoms in total. The molecule has 0 aliphatic rings. The number of nitrogens with one attached hydrogen (secondary N) is 1. The summed E-state index contributed by atoms with van der Waals surface area (Å²) in [5, 5.41) is 2.74. The summed E-state index contributed by atoms with van der Waals surface area (Å²) in [6.45, 7) is 6.79. The molecule has 0 fully saturated rings. The minimum atomic E-state index is -0.591. The van der Waals surface area contributed by atoms with Crippen LogP contribution in [0.4, 0.5) is 0 Å². The van der Waals surface area contributed by atoms with Gasteiger partial charge in [0.25, 0.3) is 5.91 Å². The van der Waals surface area contributed by atoms with Crippen LogP contribution in [0.5, 0.6) is 11.5 Å². The summed E-state index contributed by atoms with van der Waals surface area (Å²) in [4.78, 5) is 24.2. The van der Waals surface area contributed by atoms with Crippen LogP contribution in [-0.2, 0) is 22.5 Å². The minimum Gasteiger partial charge on any atom is -0.490 e. The van der Waals surface area contributed by atoms with Gasteiger partial charge < -0.3 is 19.5 Å². The Morgan fingerprint density at radius 3 is 2.14 bits per heavy atom. The van der Waals surface area contributed by atoms with E-state index in [1.54, 1.807) is 18.2 Å². The summed E-state index contributed by atoms with van der Waals surface area (Å²) in [7, 11) is 0. The van der Waals surface area contributed by atoms with Crippen LogP contribution in [0.3, 0.4) is 0 Å². The monoisotopic (exact) mass is 385 g/mol. The van der Waals surface area contributed by atoms with E-state index in [0.717, 1.165) is 12.0 Å². The molecule has 0 aromatic heterocycles. The fraction of sp³-hybridized carbons (Fsp3) is 0.364. The number of benzene rings is 2. The Hall–Kier alpha value is -3.02. The smallest absolute Gasteiger partial charge is 0.338 e. The number of carbonyl (C=O) groups excluding carboxylic acids is 2. The molecule has 2 aromatic rings. The average molecular weight is 385 g/mol. The van der Waals surface area contributed by atoms with Gasteiger partial charge in [0.1, 0.15) is 0 Å². The lowest BCUT2D eigenvalue weighted by Gasteiger charge is -2.12. The standard InChI is InChI=1S/C22H27NO5/c1-4-16-7-9-17(10-8-16)14-23-21(24)15-28-22(25)18-11-12-19(26-5-2)20(13-18)27-6-3/h7-13H,4-6,14-15H2,1-3H3,(H,23,24). The van der Waals surface area contributed by atoms with E-state index in [-0.39, 0.29) is 12.5 Å². The van der Waals surface area contributed by atoms with E-state index in [2.05, 4.69) is 12.2 Å². The lowest BCUT2D eigenvalue weighted by molar-refractivity contribution is -0.124. The molecular formula is C22H27NO5. The van der Waals surface area contributed by atoms with Gasteiger partial charge in [-0.25, -0.2) is 4.79 Å². The quantitative estimate of drug-likeness (QED) is 0.634. The van der Waals surface area contributed by atoms with E-state index in [4.69, 9.17) is 14.2 Å². The number of hydrogen-bond acceptors (Lipinski definition) is 5. The van der Waals surface area contributed by atoms with Gasteiger partial charge >= 0.3 is 5.97 Å². The molecule has 1 amide bonds. The van der Waals surface area contributed by atoms with Crippen LogP contribution in [0.15, 0.2) is 42.5 Å². The first-order valence-corrected chi connectivity index (χ1v) is 9.48. The number of hydrogen-bond donors (Lipinski definition) is 1. The van der Waals surface area contributed by atoms with Crippen LogP contribution in [-0.4, -0.2) is 31.7 Å². The zero-order chi connectivity index (χ0) is 20.4. The third kappa shape index (κ3) is 6.30. The van der Waals surface area contributed by atoms with E-state index >= 15 is 0 Å². The van der Waals surface area contributed by atoms with Gasteiger partial charge in [-0.3, -0.25) is 4.79 Å². The summed E-state index contributed by atoms with van der Waals surface area (Å²) in [5.74, 6) is 0.0850. The predicted molar refractivity (Wildman–Crippen MR) is 107 cm³/mol. The highest BCUT2D eigenvalue weighted by atomic mass is 16.5. The zero-order valence-electron chi connectivity index (χ0n) is 16.6. The molecule has 0 heterocycles. The van der Waals surface area contributed by atoms with E-state index in [0.29, 0.717) is 36.8 Å². The molecule has 150 valence electrons. The van der Waals surface area contributed by atoms with Crippen molar-refractivity contribution in [2.75, 3.05) is 19.8 Å². The maximum Gasteiger partial charge on any atom is 0.338 e. The summed E-state index contributed by atoms with van der Waals surface area (Å²) >= 11 is 0. The topological polar surface area (TPSA) is 73.9 Å². The van der Waals surface area contributed by atoms with Crippen LogP contribution in [0.1, 0.15) is 42.3 Å². The molecule has 0 saturated heterocycles. The number of esters is 1. The zero-order valence-corrected chi connectivity index (χ0v) is 16.6. The van der Waals surface area contributed by atoms with Crippen molar-refractivity contribution in [3.05, 3.63) is 59.2 Å². The van der Waals surface area contributed by atoms with Gasteiger partial charge in [0, 0.05) is 6.54 Å². The number of amides is 1. The van der Waals surface area contributed by atoms with Gasteiger partial charge in [-0.2, -0.15) is 0 Å². The highest BCUT2D eigenvalue weighted by molar-refractivity contribution is 5.92. The molecule has 28 heavy (non-hydrogen) atoms. The minimum absolute atomic E-state index is 0.301. The molecule has 0 aliphatic carbocycles. The third-order valence-corrected chi connectivity index (χ3v) is 4.03. The van der Waals surface area contributed by atoms with Gasteiger partial charge in [0.15, 0.2) is 18.1 Å². The molecule has 0 radical (unpaired) electrons. The molecule has 6 heteroatoms. The van der Waals surface area contributed by atoms with Gasteiger partial charge in [-0.1, -0.05) is 31.2 Å². The molecule has 0 bridgehead atoms. The second-order valence-electron chi connectivity index (χ2n) is 6.05. The molecule has 0 spiro atoms. The Morgan fingerprint density at radius 1 is 0.857 bits per heavy atom. The molecular weight excluding hydrogens is 358 g/mol. The van der Waals surface area contributed by atoms with E-state index in [9.17, 15) is 9.59 Å². The molecule has 0 unspecified atom stereocenters. The highest BCUT2D eigenvalue weighted by Gasteiger charge is 2.14. The SMILES string of the molecule is CCOc1ccc(C(=O)OCC(=O)NCc2ccc(CC)cc2)cc1OCC. The maximum absolute atomic E-state index is 12.2. The van der Waals surface area contributed by atoms with Crippen molar-refractivity contribution in [3.63, 3.8) is 0 Å². The fourth-order valence-corrected chi connectivity index (χ4v) is 2.54. The molecule has 2 rings (SSSR count). The van der Waals surface area contributed by atoms with Crippen molar-refractivity contribution in [3.8, 4) is 11.5 Å². The number of carbonyl (C=O) groups is 2. The lowest BCUT2D eigenvalue weighted by Crippen LogP contribution is -2.28. The van der Waals surface area contributed by atoms with Gasteiger partial charge in [-0.05, 0) is 49.6 Å². The number of aryl methyl sites for hydroxylation is 1. The van der Waals surface area contributed by atoms with Crippen LogP contribution >= 0.6 is 0 Å². The van der Waals surface area contributed by atoms with Gasteiger partial charge in [-0.15, -0.1) is 0 Å². The summed E-state index contributed by atoms with van der Waals surface area (Å²) < 4.78 is 16.1. The summed E-state index contributed by atoms with van der Waals surface area (Å²) in [6.07, 6.45) is 0.971. The number of rotatable bonds is 10. The van der Waals surface area contributed by atoms with Crippen molar-refractivity contribution in [2.45, 2.75) is 33.7 Å². The van der Waals surface area contributed by atoms with Crippen molar-refractivity contribution < 1.29 is 23.8 Å². The van der Waals surface area contributed by atoms with Gasteiger partial charge in [0.2, 0.25) is 0 Å². The van der Waals surface area contributed by atoms with Gasteiger partial charge in [0.05, 0.1) is 18.8 Å². The number of ether oxygens (including phenoxy) is 3. The summed E-state index contributed by atoms with van der Waals surface area (Å²) in [6, 6.07) is 12.8. The van der Waals surface area contributed by atoms with Crippen molar-refractivity contribution in [2.24, 2.45) is 0 Å².